The van der Waals surface area contributed by atoms with Gasteiger partial charge in [0.2, 0.25) is 0 Å². The van der Waals surface area contributed by atoms with Crippen LogP contribution in [0.4, 0.5) is 0 Å². The van der Waals surface area contributed by atoms with Gasteiger partial charge >= 0.3 is 5.97 Å². The lowest BCUT2D eigenvalue weighted by molar-refractivity contribution is 0.0692. The molecule has 0 aromatic carbocycles. The molecule has 0 aliphatic rings. The summed E-state index contributed by atoms with van der Waals surface area (Å²) in [5.41, 5.74) is 0.929. The highest BCUT2D eigenvalue weighted by molar-refractivity contribution is 7.99. The number of carboxylic acids is 1. The number of pyridine rings is 2. The van der Waals surface area contributed by atoms with Gasteiger partial charge in [-0.1, -0.05) is 23.4 Å². The van der Waals surface area contributed by atoms with E-state index in [1.165, 1.54) is 24.2 Å². The lowest BCUT2D eigenvalue weighted by Crippen LogP contribution is -2.00. The zero-order chi connectivity index (χ0) is 13.1. The molecule has 1 N–H and O–H groups in total. The molecule has 0 aliphatic carbocycles. The Morgan fingerprint density at radius 2 is 2.11 bits per heavy atom. The molecule has 0 aliphatic heterocycles. The molecular weight excluding hydrogens is 272 g/mol. The normalized spacial score (nSPS) is 10.3. The Morgan fingerprint density at radius 3 is 2.72 bits per heavy atom. The maximum atomic E-state index is 11.1. The van der Waals surface area contributed by atoms with Gasteiger partial charge in [-0.2, -0.15) is 0 Å². The van der Waals surface area contributed by atoms with Crippen molar-refractivity contribution in [3.63, 3.8) is 0 Å². The van der Waals surface area contributed by atoms with Crippen LogP contribution in [0.3, 0.4) is 0 Å². The van der Waals surface area contributed by atoms with Crippen LogP contribution in [-0.2, 0) is 0 Å². The molecule has 92 valence electrons. The standard InChI is InChI=1S/C12H9ClN2O2S/c1-7-4-10(9(6-14-7)12(16)17)18-11-3-2-8(13)5-15-11/h2-6H,1H3,(H,16,17). The average Bonchev–Trinajstić information content (AvgIpc) is 2.32. The van der Waals surface area contributed by atoms with E-state index in [1.54, 1.807) is 18.2 Å². The predicted molar refractivity (Wildman–Crippen MR) is 69.3 cm³/mol. The second-order valence-corrected chi connectivity index (χ2v) is 5.04. The first-order chi connectivity index (χ1) is 8.56. The first kappa shape index (κ1) is 12.9. The third-order valence-electron chi connectivity index (χ3n) is 2.15. The Morgan fingerprint density at radius 1 is 1.33 bits per heavy atom. The molecule has 0 spiro atoms. The molecule has 4 nitrogen and oxygen atoms in total. The van der Waals surface area contributed by atoms with Crippen molar-refractivity contribution in [2.24, 2.45) is 0 Å². The predicted octanol–water partition coefficient (Wildman–Crippen LogP) is 3.29. The van der Waals surface area contributed by atoms with Crippen molar-refractivity contribution in [3.05, 3.63) is 46.9 Å². The van der Waals surface area contributed by atoms with Crippen LogP contribution in [0.15, 0.2) is 40.5 Å². The van der Waals surface area contributed by atoms with E-state index < -0.39 is 5.97 Å². The van der Waals surface area contributed by atoms with E-state index in [2.05, 4.69) is 9.97 Å². The Labute approximate surface area is 113 Å². The number of aromatic carboxylic acids is 1. The summed E-state index contributed by atoms with van der Waals surface area (Å²) in [7, 11) is 0. The molecule has 0 radical (unpaired) electrons. The van der Waals surface area contributed by atoms with Crippen molar-refractivity contribution >= 4 is 29.3 Å². The van der Waals surface area contributed by atoms with Gasteiger partial charge in [-0.05, 0) is 25.1 Å². The van der Waals surface area contributed by atoms with Crippen molar-refractivity contribution in [3.8, 4) is 0 Å². The summed E-state index contributed by atoms with van der Waals surface area (Å²) >= 11 is 7.02. The molecule has 2 heterocycles. The van der Waals surface area contributed by atoms with Gasteiger partial charge in [0.15, 0.2) is 0 Å². The van der Waals surface area contributed by atoms with Crippen LogP contribution in [0.1, 0.15) is 16.1 Å². The lowest BCUT2D eigenvalue weighted by Gasteiger charge is -2.05. The average molecular weight is 281 g/mol. The Bertz CT molecular complexity index is 587. The molecule has 0 amide bonds. The maximum Gasteiger partial charge on any atom is 0.338 e. The summed E-state index contributed by atoms with van der Waals surface area (Å²) in [5.74, 6) is -1.00. The smallest absolute Gasteiger partial charge is 0.338 e. The molecule has 2 rings (SSSR count). The van der Waals surface area contributed by atoms with Gasteiger partial charge in [-0.15, -0.1) is 0 Å². The zero-order valence-electron chi connectivity index (χ0n) is 9.42. The third kappa shape index (κ3) is 3.00. The minimum atomic E-state index is -1.00. The number of aryl methyl sites for hydroxylation is 1. The van der Waals surface area contributed by atoms with E-state index in [-0.39, 0.29) is 5.56 Å². The van der Waals surface area contributed by atoms with Crippen LogP contribution in [0.2, 0.25) is 5.02 Å². The first-order valence-electron chi connectivity index (χ1n) is 5.05. The molecule has 18 heavy (non-hydrogen) atoms. The van der Waals surface area contributed by atoms with Crippen molar-refractivity contribution in [1.29, 1.82) is 0 Å². The van der Waals surface area contributed by atoms with E-state index >= 15 is 0 Å². The Kier molecular flexibility index (Phi) is 3.84. The molecule has 2 aromatic rings. The first-order valence-corrected chi connectivity index (χ1v) is 6.25. The van der Waals surface area contributed by atoms with Crippen molar-refractivity contribution in [2.45, 2.75) is 16.8 Å². The number of halogens is 1. The molecular formula is C12H9ClN2O2S. The maximum absolute atomic E-state index is 11.1. The van der Waals surface area contributed by atoms with Gasteiger partial charge in [0.1, 0.15) is 5.03 Å². The number of rotatable bonds is 3. The Hall–Kier alpha value is -1.59. The van der Waals surface area contributed by atoms with Crippen molar-refractivity contribution in [1.82, 2.24) is 9.97 Å². The molecule has 0 fully saturated rings. The summed E-state index contributed by atoms with van der Waals surface area (Å²) in [6.07, 6.45) is 2.88. The van der Waals surface area contributed by atoms with E-state index in [9.17, 15) is 4.79 Å². The van der Waals surface area contributed by atoms with Gasteiger partial charge in [0.25, 0.3) is 0 Å². The van der Waals surface area contributed by atoms with E-state index in [4.69, 9.17) is 16.7 Å². The van der Waals surface area contributed by atoms with Crippen LogP contribution in [0.5, 0.6) is 0 Å². The van der Waals surface area contributed by atoms with Crippen LogP contribution < -0.4 is 0 Å². The quantitative estimate of drug-likeness (QED) is 0.935. The fourth-order valence-electron chi connectivity index (χ4n) is 1.32. The molecule has 0 bridgehead atoms. The Balaban J connectivity index is 2.35. The molecule has 2 aromatic heterocycles. The monoisotopic (exact) mass is 280 g/mol. The fraction of sp³-hybridized carbons (Fsp3) is 0.0833. The van der Waals surface area contributed by atoms with Gasteiger partial charge < -0.3 is 5.11 Å². The SMILES string of the molecule is Cc1cc(Sc2ccc(Cl)cn2)c(C(=O)O)cn1. The second-order valence-electron chi connectivity index (χ2n) is 3.54. The second kappa shape index (κ2) is 5.37. The molecule has 0 atom stereocenters. The molecule has 6 heteroatoms. The number of aromatic nitrogens is 2. The van der Waals surface area contributed by atoms with Gasteiger partial charge in [-0.25, -0.2) is 9.78 Å². The summed E-state index contributed by atoms with van der Waals surface area (Å²) in [4.78, 5) is 19.8. The number of nitrogens with zero attached hydrogens (tertiary/aromatic N) is 2. The zero-order valence-corrected chi connectivity index (χ0v) is 11.0. The van der Waals surface area contributed by atoms with Crippen molar-refractivity contribution in [2.75, 3.05) is 0 Å². The van der Waals surface area contributed by atoms with Gasteiger partial charge in [0.05, 0.1) is 10.6 Å². The number of carbonyl (C=O) groups is 1. The van der Waals surface area contributed by atoms with Crippen LogP contribution in [-0.4, -0.2) is 21.0 Å². The van der Waals surface area contributed by atoms with Crippen molar-refractivity contribution < 1.29 is 9.90 Å². The fourth-order valence-corrected chi connectivity index (χ4v) is 2.37. The molecule has 0 saturated carbocycles. The third-order valence-corrected chi connectivity index (χ3v) is 3.38. The van der Waals surface area contributed by atoms with E-state index in [1.807, 2.05) is 6.92 Å². The number of hydrogen-bond acceptors (Lipinski definition) is 4. The van der Waals surface area contributed by atoms with Gasteiger partial charge in [-0.3, -0.25) is 4.98 Å². The highest BCUT2D eigenvalue weighted by atomic mass is 35.5. The minimum absolute atomic E-state index is 0.169. The van der Waals surface area contributed by atoms with Crippen LogP contribution in [0, 0.1) is 6.92 Å². The minimum Gasteiger partial charge on any atom is -0.478 e. The summed E-state index contributed by atoms with van der Waals surface area (Å²) in [6, 6.07) is 5.18. The largest absolute Gasteiger partial charge is 0.478 e. The summed E-state index contributed by atoms with van der Waals surface area (Å²) in [5, 5.41) is 10.3. The molecule has 0 saturated heterocycles. The van der Waals surface area contributed by atoms with Crippen LogP contribution >= 0.6 is 23.4 Å². The number of hydrogen-bond donors (Lipinski definition) is 1. The van der Waals surface area contributed by atoms with E-state index in [0.717, 1.165) is 5.69 Å². The highest BCUT2D eigenvalue weighted by Crippen LogP contribution is 2.29. The summed E-state index contributed by atoms with van der Waals surface area (Å²) < 4.78 is 0. The lowest BCUT2D eigenvalue weighted by atomic mass is 10.2. The highest BCUT2D eigenvalue weighted by Gasteiger charge is 2.12. The topological polar surface area (TPSA) is 63.1 Å². The van der Waals surface area contributed by atoms with E-state index in [0.29, 0.717) is 14.9 Å². The summed E-state index contributed by atoms with van der Waals surface area (Å²) in [6.45, 7) is 1.81. The number of carboxylic acid groups (broad SMARTS) is 1. The van der Waals surface area contributed by atoms with Crippen LogP contribution in [0.25, 0.3) is 0 Å². The molecule has 0 unspecified atom stereocenters. The van der Waals surface area contributed by atoms with Gasteiger partial charge in [0, 0.05) is 23.0 Å².